The molecule has 0 spiro atoms. The topological polar surface area (TPSA) is 129 Å². The first-order valence-electron chi connectivity index (χ1n) is 17.8. The Kier molecular flexibility index (Phi) is 12.9. The maximum absolute atomic E-state index is 13.4. The summed E-state index contributed by atoms with van der Waals surface area (Å²) in [5, 5.41) is 0. The third-order valence-corrected chi connectivity index (χ3v) is 12.6. The van der Waals surface area contributed by atoms with Crippen LogP contribution in [-0.2, 0) is 29.8 Å². The maximum Gasteiger partial charge on any atom is 0.501 e. The molecule has 0 radical (unpaired) electrons. The predicted octanol–water partition coefficient (Wildman–Crippen LogP) is 9.08. The Bertz CT molecular complexity index is 2540. The van der Waals surface area contributed by atoms with Crippen molar-refractivity contribution in [2.45, 2.75) is 59.7 Å². The zero-order chi connectivity index (χ0) is 40.9. The minimum atomic E-state index is -5.59. The molecule has 296 valence electrons. The summed E-state index contributed by atoms with van der Waals surface area (Å²) in [6.45, 7) is 4.94. The molecule has 1 N–H and O–H groups in total. The average Bonchev–Trinajstić information content (AvgIpc) is 3.15. The molecular weight excluding hydrogens is 786 g/mol. The van der Waals surface area contributed by atoms with Crippen LogP contribution in [0.2, 0.25) is 0 Å². The normalized spacial score (nSPS) is 13.6. The van der Waals surface area contributed by atoms with Crippen LogP contribution in [0.25, 0.3) is 5.57 Å². The summed E-state index contributed by atoms with van der Waals surface area (Å²) in [5.41, 5.74) is -1.45. The smallest absolute Gasteiger partial charge is 0.341 e. The fraction of sp³-hybridized carbons (Fsp3) is 0.244. The number of sulfone groups is 2. The summed E-state index contributed by atoms with van der Waals surface area (Å²) in [7, 11) is -13.8. The third-order valence-electron chi connectivity index (χ3n) is 9.14. The molecule has 1 aliphatic carbocycles. The van der Waals surface area contributed by atoms with Crippen molar-refractivity contribution in [2.24, 2.45) is 0 Å². The van der Waals surface area contributed by atoms with Crippen LogP contribution in [0.3, 0.4) is 0 Å². The van der Waals surface area contributed by atoms with E-state index < -0.39 is 40.2 Å². The van der Waals surface area contributed by atoms with Gasteiger partial charge in [0.05, 0.1) is 9.79 Å². The molecular formula is C41H42F3N2O7S3+. The van der Waals surface area contributed by atoms with Crippen molar-refractivity contribution in [1.82, 2.24) is 0 Å². The molecule has 0 aliphatic heterocycles. The lowest BCUT2D eigenvalue weighted by Gasteiger charge is -2.26. The Labute approximate surface area is 326 Å². The van der Waals surface area contributed by atoms with Crippen LogP contribution in [-0.4, -0.2) is 64.9 Å². The molecule has 0 unspecified atom stereocenters. The van der Waals surface area contributed by atoms with Crippen molar-refractivity contribution < 1.29 is 47.6 Å². The standard InChI is InChI=1S/C41H41F3N2O7S3/c1-4-6-26-45(34-12-10-14-36(28-34)54(3,47)48)32-22-18-30(19-23-32)40(38-16-8-9-17-39(38)56(51,52)53)31-20-24-33(25-21-31)46(27-7-5-2)35-13-11-15-37(29-35)55(49,50)41(42,43)44/h8-25,28-29H,4-7,26-27H2,1-3H3/p+1. The maximum atomic E-state index is 13.4. The lowest BCUT2D eigenvalue weighted by Crippen LogP contribution is -2.24. The van der Waals surface area contributed by atoms with Gasteiger partial charge in [-0.05, 0) is 77.7 Å². The SMILES string of the molecule is CCCCN(c1ccc(C(=C2C=CC(=[N+](CCCC)c3cccc(S(C)(=O)=O)c3)C=C2)c2ccccc2S(=O)(=O)O)cc1)c1cccc(S(=O)(=O)C(F)(F)F)c1. The Balaban J connectivity index is 1.65. The summed E-state index contributed by atoms with van der Waals surface area (Å²) in [6.07, 6.45) is 11.5. The summed E-state index contributed by atoms with van der Waals surface area (Å²) in [5.74, 6) is 0. The molecule has 1 aliphatic rings. The monoisotopic (exact) mass is 827 g/mol. The van der Waals surface area contributed by atoms with Crippen LogP contribution in [0.4, 0.5) is 30.2 Å². The highest BCUT2D eigenvalue weighted by Gasteiger charge is 2.47. The second kappa shape index (κ2) is 17.1. The van der Waals surface area contributed by atoms with E-state index in [1.807, 2.05) is 36.6 Å². The Hall–Kier alpha value is -4.83. The Morgan fingerprint density at radius 2 is 1.34 bits per heavy atom. The number of unbranched alkanes of at least 4 members (excludes halogenated alkanes) is 2. The van der Waals surface area contributed by atoms with E-state index in [2.05, 4.69) is 0 Å². The van der Waals surface area contributed by atoms with Crippen molar-refractivity contribution >= 4 is 58.1 Å². The van der Waals surface area contributed by atoms with Gasteiger partial charge in [-0.1, -0.05) is 69.2 Å². The molecule has 0 fully saturated rings. The number of halogens is 3. The molecule has 56 heavy (non-hydrogen) atoms. The number of allylic oxidation sites excluding steroid dienone is 5. The van der Waals surface area contributed by atoms with Crippen LogP contribution >= 0.6 is 0 Å². The van der Waals surface area contributed by atoms with E-state index in [4.69, 9.17) is 0 Å². The van der Waals surface area contributed by atoms with Gasteiger partial charge in [-0.3, -0.25) is 4.55 Å². The number of anilines is 2. The molecule has 4 aromatic rings. The summed E-state index contributed by atoms with van der Waals surface area (Å²) in [4.78, 5) is 0.698. The molecule has 0 saturated carbocycles. The van der Waals surface area contributed by atoms with Gasteiger partial charge in [-0.15, -0.1) is 0 Å². The fourth-order valence-corrected chi connectivity index (χ4v) is 8.43. The number of nitrogens with zero attached hydrogens (tertiary/aromatic N) is 2. The number of rotatable bonds is 14. The second-order valence-electron chi connectivity index (χ2n) is 13.2. The summed E-state index contributed by atoms with van der Waals surface area (Å²) in [6, 6.07) is 24.2. The number of benzene rings is 4. The van der Waals surface area contributed by atoms with E-state index >= 15 is 0 Å². The van der Waals surface area contributed by atoms with Gasteiger partial charge in [0, 0.05) is 60.4 Å². The quantitative estimate of drug-likeness (QED) is 0.0985. The molecule has 0 bridgehead atoms. The van der Waals surface area contributed by atoms with Gasteiger partial charge in [0.2, 0.25) is 11.4 Å². The van der Waals surface area contributed by atoms with Gasteiger partial charge in [-0.2, -0.15) is 26.2 Å². The molecule has 0 atom stereocenters. The van der Waals surface area contributed by atoms with Gasteiger partial charge in [0.25, 0.3) is 20.0 Å². The predicted molar refractivity (Wildman–Crippen MR) is 213 cm³/mol. The van der Waals surface area contributed by atoms with Crippen LogP contribution in [0, 0.1) is 0 Å². The van der Waals surface area contributed by atoms with Crippen LogP contribution < -0.4 is 4.90 Å². The van der Waals surface area contributed by atoms with E-state index in [0.29, 0.717) is 47.6 Å². The fourth-order valence-electron chi connectivity index (χ4n) is 6.27. The highest BCUT2D eigenvalue weighted by Crippen LogP contribution is 2.37. The van der Waals surface area contributed by atoms with Crippen molar-refractivity contribution in [1.29, 1.82) is 0 Å². The van der Waals surface area contributed by atoms with E-state index in [9.17, 15) is 43.0 Å². The van der Waals surface area contributed by atoms with Gasteiger partial charge in [0.1, 0.15) is 11.4 Å². The average molecular weight is 828 g/mol. The minimum absolute atomic E-state index is 0.182. The van der Waals surface area contributed by atoms with Crippen molar-refractivity contribution in [3.63, 3.8) is 0 Å². The molecule has 0 heterocycles. The first kappa shape index (κ1) is 42.3. The van der Waals surface area contributed by atoms with Gasteiger partial charge < -0.3 is 4.90 Å². The molecule has 5 rings (SSSR count). The first-order valence-corrected chi connectivity index (χ1v) is 22.6. The molecule has 0 amide bonds. The Morgan fingerprint density at radius 1 is 0.714 bits per heavy atom. The molecule has 4 aromatic carbocycles. The van der Waals surface area contributed by atoms with E-state index in [-0.39, 0.29) is 21.0 Å². The molecule has 0 saturated heterocycles. The van der Waals surface area contributed by atoms with Gasteiger partial charge in [0.15, 0.2) is 9.84 Å². The van der Waals surface area contributed by atoms with Gasteiger partial charge >= 0.3 is 5.51 Å². The van der Waals surface area contributed by atoms with Crippen molar-refractivity contribution in [2.75, 3.05) is 24.2 Å². The summed E-state index contributed by atoms with van der Waals surface area (Å²) >= 11 is 0. The third kappa shape index (κ3) is 9.57. The zero-order valence-corrected chi connectivity index (χ0v) is 33.4. The molecule has 15 heteroatoms. The largest absolute Gasteiger partial charge is 0.501 e. The molecule has 0 aromatic heterocycles. The van der Waals surface area contributed by atoms with E-state index in [0.717, 1.165) is 43.4 Å². The van der Waals surface area contributed by atoms with Crippen molar-refractivity contribution in [3.05, 3.63) is 138 Å². The van der Waals surface area contributed by atoms with E-state index in [1.54, 1.807) is 65.6 Å². The first-order chi connectivity index (χ1) is 26.4. The second-order valence-corrected chi connectivity index (χ2v) is 18.5. The van der Waals surface area contributed by atoms with Crippen LogP contribution in [0.15, 0.2) is 142 Å². The Morgan fingerprint density at radius 3 is 1.95 bits per heavy atom. The van der Waals surface area contributed by atoms with Crippen LogP contribution in [0.5, 0.6) is 0 Å². The van der Waals surface area contributed by atoms with Crippen LogP contribution in [0.1, 0.15) is 50.7 Å². The minimum Gasteiger partial charge on any atom is -0.341 e. The highest BCUT2D eigenvalue weighted by atomic mass is 32.2. The summed E-state index contributed by atoms with van der Waals surface area (Å²) < 4.78 is 127. The van der Waals surface area contributed by atoms with E-state index in [1.165, 1.54) is 30.3 Å². The lowest BCUT2D eigenvalue weighted by molar-refractivity contribution is -0.439. The van der Waals surface area contributed by atoms with Gasteiger partial charge in [-0.25, -0.2) is 16.8 Å². The van der Waals surface area contributed by atoms with Crippen molar-refractivity contribution in [3.8, 4) is 0 Å². The number of hydrogen-bond donors (Lipinski definition) is 1. The number of alkyl halides is 3. The highest BCUT2D eigenvalue weighted by molar-refractivity contribution is 7.92. The molecule has 9 nitrogen and oxygen atoms in total. The number of hydrogen-bond acceptors (Lipinski definition) is 7. The lowest BCUT2D eigenvalue weighted by atomic mass is 9.90. The zero-order valence-electron chi connectivity index (χ0n) is 30.9.